The lowest BCUT2D eigenvalue weighted by Crippen LogP contribution is -2.27. The number of nitro groups is 1. The van der Waals surface area contributed by atoms with Crippen LogP contribution in [0, 0.1) is 10.1 Å². The summed E-state index contributed by atoms with van der Waals surface area (Å²) < 4.78 is 0. The second kappa shape index (κ2) is 11.0. The largest absolute Gasteiger partial charge is 0.355 e. The molecule has 5 rings (SSSR count). The third-order valence-corrected chi connectivity index (χ3v) is 5.60. The molecule has 3 aromatic carbocycles. The van der Waals surface area contributed by atoms with Crippen molar-refractivity contribution >= 4 is 34.5 Å². The molecule has 0 aliphatic heterocycles. The molecule has 2 aromatic heterocycles. The van der Waals surface area contributed by atoms with E-state index in [0.717, 1.165) is 16.9 Å². The van der Waals surface area contributed by atoms with E-state index in [1.807, 2.05) is 97.1 Å². The summed E-state index contributed by atoms with van der Waals surface area (Å²) in [5.74, 6) is 0.713. The van der Waals surface area contributed by atoms with E-state index in [1.165, 1.54) is 6.33 Å². The molecule has 0 radical (unpaired) electrons. The van der Waals surface area contributed by atoms with Gasteiger partial charge in [0, 0.05) is 6.20 Å². The number of anilines is 5. The number of pyridine rings is 1. The van der Waals surface area contributed by atoms with Crippen LogP contribution < -0.4 is 15.3 Å². The molecule has 0 spiro atoms. The van der Waals surface area contributed by atoms with Crippen molar-refractivity contribution < 1.29 is 4.92 Å². The Balaban J connectivity index is 1.61. The van der Waals surface area contributed by atoms with Crippen LogP contribution in [0.2, 0.25) is 0 Å². The molecule has 0 bridgehead atoms. The molecule has 0 saturated carbocycles. The Morgan fingerprint density at radius 3 is 1.89 bits per heavy atom. The van der Waals surface area contributed by atoms with Gasteiger partial charge in [0.15, 0.2) is 0 Å². The Bertz CT molecular complexity index is 1410. The second-order valence-electron chi connectivity index (χ2n) is 8.03. The highest BCUT2D eigenvalue weighted by Crippen LogP contribution is 2.37. The predicted molar refractivity (Wildman–Crippen MR) is 144 cm³/mol. The molecule has 0 aliphatic carbocycles. The summed E-state index contributed by atoms with van der Waals surface area (Å²) in [5, 5.41) is 14.3. The third-order valence-electron chi connectivity index (χ3n) is 5.60. The first-order chi connectivity index (χ1) is 18.2. The van der Waals surface area contributed by atoms with Crippen molar-refractivity contribution in [2.75, 3.05) is 15.3 Å². The summed E-state index contributed by atoms with van der Waals surface area (Å²) >= 11 is 0. The molecule has 0 amide bonds. The van der Waals surface area contributed by atoms with Gasteiger partial charge in [0.05, 0.1) is 22.8 Å². The maximum atomic E-state index is 12.5. The first-order valence-corrected chi connectivity index (χ1v) is 11.6. The van der Waals surface area contributed by atoms with Gasteiger partial charge in [-0.15, -0.1) is 0 Å². The Hall–Kier alpha value is -5.31. The Labute approximate surface area is 213 Å². The predicted octanol–water partition coefficient (Wildman–Crippen LogP) is 6.28. The monoisotopic (exact) mass is 489 g/mol. The minimum Gasteiger partial charge on any atom is -0.301 e. The van der Waals surface area contributed by atoms with Gasteiger partial charge in [-0.2, -0.15) is 0 Å². The summed E-state index contributed by atoms with van der Waals surface area (Å²) in [5.41, 5.74) is 5.42. The topological polar surface area (TPSA) is 100 Å². The molecular weight excluding hydrogens is 466 g/mol. The zero-order valence-corrected chi connectivity index (χ0v) is 19.8. The van der Waals surface area contributed by atoms with Gasteiger partial charge in [-0.05, 0) is 42.0 Å². The Kier molecular flexibility index (Phi) is 6.94. The fourth-order valence-corrected chi connectivity index (χ4v) is 3.90. The van der Waals surface area contributed by atoms with Gasteiger partial charge in [0.1, 0.15) is 12.1 Å². The van der Waals surface area contributed by atoms with Gasteiger partial charge in [0.2, 0.25) is 11.6 Å². The summed E-state index contributed by atoms with van der Waals surface area (Å²) in [6.45, 7) is 0.330. The molecule has 9 heteroatoms. The van der Waals surface area contributed by atoms with Crippen molar-refractivity contribution in [1.82, 2.24) is 15.0 Å². The third kappa shape index (κ3) is 5.35. The number of para-hydroxylation sites is 2. The van der Waals surface area contributed by atoms with Crippen LogP contribution in [-0.2, 0) is 6.54 Å². The van der Waals surface area contributed by atoms with E-state index in [2.05, 4.69) is 20.4 Å². The number of benzene rings is 3. The fourth-order valence-electron chi connectivity index (χ4n) is 3.90. The second-order valence-corrected chi connectivity index (χ2v) is 8.03. The molecule has 0 aliphatic rings. The van der Waals surface area contributed by atoms with Crippen molar-refractivity contribution in [1.29, 1.82) is 0 Å². The first-order valence-electron chi connectivity index (χ1n) is 11.6. The molecule has 0 saturated heterocycles. The number of hydrogen-bond acceptors (Lipinski definition) is 8. The van der Waals surface area contributed by atoms with Gasteiger partial charge in [-0.1, -0.05) is 72.8 Å². The number of aromatic nitrogens is 3. The van der Waals surface area contributed by atoms with Crippen molar-refractivity contribution in [3.05, 3.63) is 137 Å². The summed E-state index contributed by atoms with van der Waals surface area (Å²) in [4.78, 5) is 26.9. The zero-order valence-electron chi connectivity index (χ0n) is 19.8. The SMILES string of the molecule is O=[N+]([O-])c1c(NN(c2ccccc2)c2ccccc2)ncnc1N(Cc1ccccc1)c1ccccn1. The van der Waals surface area contributed by atoms with E-state index >= 15 is 0 Å². The summed E-state index contributed by atoms with van der Waals surface area (Å²) in [7, 11) is 0. The average Bonchev–Trinajstić information content (AvgIpc) is 2.96. The molecule has 1 N–H and O–H groups in total. The highest BCUT2D eigenvalue weighted by Gasteiger charge is 2.30. The number of hydrazine groups is 1. The van der Waals surface area contributed by atoms with Crippen molar-refractivity contribution in [3.63, 3.8) is 0 Å². The lowest BCUT2D eigenvalue weighted by atomic mass is 10.2. The van der Waals surface area contributed by atoms with Gasteiger partial charge in [-0.25, -0.2) is 15.0 Å². The Morgan fingerprint density at radius 1 is 0.730 bits per heavy atom. The van der Waals surface area contributed by atoms with Gasteiger partial charge in [-0.3, -0.25) is 20.5 Å². The lowest BCUT2D eigenvalue weighted by molar-refractivity contribution is -0.383. The quantitative estimate of drug-likeness (QED) is 0.191. The van der Waals surface area contributed by atoms with Crippen LogP contribution in [0.4, 0.5) is 34.5 Å². The standard InChI is InChI=1S/C28H23N7O2/c36-35(37)26-27(32-34(23-14-6-2-7-15-23)24-16-8-3-9-17-24)30-21-31-28(26)33(25-18-10-11-19-29-25)20-22-12-4-1-5-13-22/h1-19,21H,20H2,(H,30,31,32). The van der Waals surface area contributed by atoms with Crippen LogP contribution in [0.25, 0.3) is 0 Å². The number of nitrogens with one attached hydrogen (secondary N) is 1. The molecule has 2 heterocycles. The molecule has 0 fully saturated rings. The van der Waals surface area contributed by atoms with Gasteiger partial charge >= 0.3 is 5.69 Å². The summed E-state index contributed by atoms with van der Waals surface area (Å²) in [6.07, 6.45) is 2.96. The molecule has 9 nitrogen and oxygen atoms in total. The molecule has 0 atom stereocenters. The highest BCUT2D eigenvalue weighted by molar-refractivity contribution is 5.77. The number of hydrogen-bond donors (Lipinski definition) is 1. The minimum absolute atomic E-state index is 0.0525. The van der Waals surface area contributed by atoms with Crippen LogP contribution in [0.15, 0.2) is 122 Å². The maximum absolute atomic E-state index is 12.5. The Morgan fingerprint density at radius 2 is 1.32 bits per heavy atom. The summed E-state index contributed by atoms with van der Waals surface area (Å²) in [6, 6.07) is 34.1. The molecule has 182 valence electrons. The van der Waals surface area contributed by atoms with Gasteiger partial charge < -0.3 is 4.90 Å². The van der Waals surface area contributed by atoms with Crippen LogP contribution in [0.3, 0.4) is 0 Å². The van der Waals surface area contributed by atoms with Crippen molar-refractivity contribution in [3.8, 4) is 0 Å². The fraction of sp³-hybridized carbons (Fsp3) is 0.0357. The van der Waals surface area contributed by atoms with E-state index in [-0.39, 0.29) is 17.3 Å². The van der Waals surface area contributed by atoms with Gasteiger partial charge in [0.25, 0.3) is 0 Å². The van der Waals surface area contributed by atoms with Crippen LogP contribution in [0.1, 0.15) is 5.56 Å². The minimum atomic E-state index is -0.466. The molecular formula is C28H23N7O2. The van der Waals surface area contributed by atoms with Crippen molar-refractivity contribution in [2.45, 2.75) is 6.54 Å². The number of rotatable bonds is 9. The van der Waals surface area contributed by atoms with Crippen molar-refractivity contribution in [2.24, 2.45) is 0 Å². The van der Waals surface area contributed by atoms with E-state index in [4.69, 9.17) is 0 Å². The van der Waals surface area contributed by atoms with E-state index < -0.39 is 4.92 Å². The zero-order chi connectivity index (χ0) is 25.5. The molecule has 0 unspecified atom stereocenters. The average molecular weight is 490 g/mol. The maximum Gasteiger partial charge on any atom is 0.355 e. The highest BCUT2D eigenvalue weighted by atomic mass is 16.6. The van der Waals surface area contributed by atoms with Crippen LogP contribution in [-0.4, -0.2) is 19.9 Å². The molecule has 5 aromatic rings. The first kappa shape index (κ1) is 23.4. The van der Waals surface area contributed by atoms with E-state index in [1.54, 1.807) is 28.2 Å². The van der Waals surface area contributed by atoms with Crippen LogP contribution >= 0.6 is 0 Å². The normalized spacial score (nSPS) is 10.5. The van der Waals surface area contributed by atoms with E-state index in [9.17, 15) is 10.1 Å². The molecule has 37 heavy (non-hydrogen) atoms. The van der Waals surface area contributed by atoms with Crippen LogP contribution in [0.5, 0.6) is 0 Å². The smallest absolute Gasteiger partial charge is 0.301 e. The van der Waals surface area contributed by atoms with E-state index in [0.29, 0.717) is 12.4 Å². The lowest BCUT2D eigenvalue weighted by Gasteiger charge is -2.27. The number of nitrogens with zero attached hydrogens (tertiary/aromatic N) is 6.